The van der Waals surface area contributed by atoms with Crippen molar-refractivity contribution in [2.45, 2.75) is 12.3 Å². The van der Waals surface area contributed by atoms with E-state index >= 15 is 0 Å². The molecule has 3 heterocycles. The number of pyridine rings is 1. The van der Waals surface area contributed by atoms with E-state index in [2.05, 4.69) is 15.4 Å². The fourth-order valence-electron chi connectivity index (χ4n) is 3.50. The van der Waals surface area contributed by atoms with Gasteiger partial charge in [-0.1, -0.05) is 24.3 Å². The smallest absolute Gasteiger partial charge is 0.225 e. The Kier molecular flexibility index (Phi) is 3.28. The maximum atomic E-state index is 12.2. The topological polar surface area (TPSA) is 72.7 Å². The van der Waals surface area contributed by atoms with Crippen LogP contribution in [0.5, 0.6) is 0 Å². The Morgan fingerprint density at radius 2 is 1.88 bits per heavy atom. The molecule has 0 aliphatic carbocycles. The number of aromatic nitrogens is 4. The van der Waals surface area contributed by atoms with E-state index in [-0.39, 0.29) is 11.8 Å². The molecule has 0 saturated heterocycles. The zero-order chi connectivity index (χ0) is 17.5. The maximum absolute atomic E-state index is 12.2. The lowest BCUT2D eigenvalue weighted by Crippen LogP contribution is -2.23. The van der Waals surface area contributed by atoms with Crippen molar-refractivity contribution in [1.82, 2.24) is 20.0 Å². The van der Waals surface area contributed by atoms with Crippen molar-refractivity contribution >= 4 is 22.6 Å². The Hall–Kier alpha value is -3.54. The van der Waals surface area contributed by atoms with E-state index in [0.717, 1.165) is 33.5 Å². The average molecular weight is 341 g/mol. The molecule has 1 aliphatic rings. The van der Waals surface area contributed by atoms with Crippen molar-refractivity contribution in [3.8, 4) is 5.69 Å². The number of carbonyl (C=O) groups is 1. The summed E-state index contributed by atoms with van der Waals surface area (Å²) in [4.78, 5) is 18.1. The Morgan fingerprint density at radius 3 is 2.69 bits per heavy atom. The fourth-order valence-corrected chi connectivity index (χ4v) is 3.50. The van der Waals surface area contributed by atoms with Crippen LogP contribution in [0, 0.1) is 0 Å². The van der Waals surface area contributed by atoms with Gasteiger partial charge in [-0.15, -0.1) is 10.2 Å². The highest BCUT2D eigenvalue weighted by Gasteiger charge is 2.30. The summed E-state index contributed by atoms with van der Waals surface area (Å²) in [5.41, 5.74) is 5.30. The predicted octanol–water partition coefficient (Wildman–Crippen LogP) is 3.29. The molecule has 1 atom stereocenters. The van der Waals surface area contributed by atoms with Crippen LogP contribution >= 0.6 is 0 Å². The van der Waals surface area contributed by atoms with E-state index in [1.54, 1.807) is 11.0 Å². The van der Waals surface area contributed by atoms with Gasteiger partial charge >= 0.3 is 0 Å². The minimum absolute atomic E-state index is 0.00107. The molecule has 0 radical (unpaired) electrons. The number of para-hydroxylation sites is 1. The normalized spacial score (nSPS) is 16.3. The fraction of sp³-hybridized carbons (Fsp3) is 0.100. The molecule has 0 spiro atoms. The highest BCUT2D eigenvalue weighted by Crippen LogP contribution is 2.40. The van der Waals surface area contributed by atoms with Crippen molar-refractivity contribution in [1.29, 1.82) is 0 Å². The number of rotatable bonds is 2. The molecule has 1 N–H and O–H groups in total. The number of nitrogens with zero attached hydrogens (tertiary/aromatic N) is 4. The van der Waals surface area contributed by atoms with Gasteiger partial charge < -0.3 is 5.32 Å². The van der Waals surface area contributed by atoms with Crippen LogP contribution in [0.4, 0.5) is 5.69 Å². The first-order chi connectivity index (χ1) is 12.8. The van der Waals surface area contributed by atoms with Gasteiger partial charge in [-0.05, 0) is 35.9 Å². The van der Waals surface area contributed by atoms with Gasteiger partial charge in [-0.2, -0.15) is 4.80 Å². The van der Waals surface area contributed by atoms with Gasteiger partial charge in [0.1, 0.15) is 11.0 Å². The largest absolute Gasteiger partial charge is 0.326 e. The summed E-state index contributed by atoms with van der Waals surface area (Å²) in [6.07, 6.45) is 3.92. The standard InChI is InChI=1S/C20H15N5O/c26-18-11-15(13-5-4-10-21-12-13)19-16(22-18)8-9-17-20(19)24-25(23-17)14-6-2-1-3-7-14/h1-10,12,15H,11H2,(H,22,26). The first-order valence-corrected chi connectivity index (χ1v) is 8.45. The highest BCUT2D eigenvalue weighted by molar-refractivity contribution is 5.99. The van der Waals surface area contributed by atoms with Crippen LogP contribution in [-0.4, -0.2) is 25.9 Å². The molecule has 26 heavy (non-hydrogen) atoms. The molecule has 1 aliphatic heterocycles. The molecule has 2 aromatic carbocycles. The van der Waals surface area contributed by atoms with Gasteiger partial charge in [-0.25, -0.2) is 0 Å². The summed E-state index contributed by atoms with van der Waals surface area (Å²) in [6, 6.07) is 17.5. The SMILES string of the molecule is O=C1CC(c2cccnc2)c2c(ccc3nn(-c4ccccc4)nc23)N1. The van der Waals surface area contributed by atoms with Crippen LogP contribution in [0.1, 0.15) is 23.5 Å². The number of hydrogen-bond acceptors (Lipinski definition) is 4. The summed E-state index contributed by atoms with van der Waals surface area (Å²) in [7, 11) is 0. The van der Waals surface area contributed by atoms with Crippen molar-refractivity contribution in [2.24, 2.45) is 0 Å². The van der Waals surface area contributed by atoms with Crippen LogP contribution < -0.4 is 5.32 Å². The molecule has 1 amide bonds. The molecule has 0 bridgehead atoms. The summed E-state index contributed by atoms with van der Waals surface area (Å²) in [5, 5.41) is 12.3. The molecule has 0 saturated carbocycles. The number of fused-ring (bicyclic) bond motifs is 3. The molecule has 0 fully saturated rings. The zero-order valence-electron chi connectivity index (χ0n) is 13.8. The van der Waals surface area contributed by atoms with Crippen LogP contribution in [0.3, 0.4) is 0 Å². The van der Waals surface area contributed by atoms with E-state index in [1.807, 2.05) is 60.8 Å². The van der Waals surface area contributed by atoms with E-state index in [9.17, 15) is 4.79 Å². The van der Waals surface area contributed by atoms with E-state index in [1.165, 1.54) is 0 Å². The van der Waals surface area contributed by atoms with Gasteiger partial charge in [0.05, 0.1) is 5.69 Å². The summed E-state index contributed by atoms with van der Waals surface area (Å²) < 4.78 is 0. The number of carbonyl (C=O) groups excluding carboxylic acids is 1. The van der Waals surface area contributed by atoms with Crippen LogP contribution in [0.15, 0.2) is 67.0 Å². The van der Waals surface area contributed by atoms with Crippen molar-refractivity contribution in [3.05, 3.63) is 78.1 Å². The lowest BCUT2D eigenvalue weighted by Gasteiger charge is -2.25. The quantitative estimate of drug-likeness (QED) is 0.607. The minimum atomic E-state index is -0.0860. The van der Waals surface area contributed by atoms with E-state index in [4.69, 9.17) is 5.10 Å². The van der Waals surface area contributed by atoms with Gasteiger partial charge in [0.15, 0.2) is 0 Å². The monoisotopic (exact) mass is 341 g/mol. The average Bonchev–Trinajstić information content (AvgIpc) is 3.13. The van der Waals surface area contributed by atoms with Gasteiger partial charge in [0, 0.05) is 36.0 Å². The summed E-state index contributed by atoms with van der Waals surface area (Å²) in [6.45, 7) is 0. The molecular formula is C20H15N5O. The summed E-state index contributed by atoms with van der Waals surface area (Å²) in [5.74, 6) is -0.0850. The minimum Gasteiger partial charge on any atom is -0.326 e. The lowest BCUT2D eigenvalue weighted by atomic mass is 9.85. The second-order valence-corrected chi connectivity index (χ2v) is 6.31. The van der Waals surface area contributed by atoms with Crippen LogP contribution in [0.25, 0.3) is 16.7 Å². The van der Waals surface area contributed by atoms with Crippen LogP contribution in [0.2, 0.25) is 0 Å². The highest BCUT2D eigenvalue weighted by atomic mass is 16.1. The van der Waals surface area contributed by atoms with Crippen molar-refractivity contribution < 1.29 is 4.79 Å². The third kappa shape index (κ3) is 2.35. The number of anilines is 1. The lowest BCUT2D eigenvalue weighted by molar-refractivity contribution is -0.116. The maximum Gasteiger partial charge on any atom is 0.225 e. The van der Waals surface area contributed by atoms with E-state index < -0.39 is 0 Å². The van der Waals surface area contributed by atoms with Crippen LogP contribution in [-0.2, 0) is 4.79 Å². The second kappa shape index (κ2) is 5.77. The first-order valence-electron chi connectivity index (χ1n) is 8.45. The Labute approximate surface area is 149 Å². The number of amides is 1. The molecule has 6 nitrogen and oxygen atoms in total. The Bertz CT molecular complexity index is 1110. The molecule has 4 aromatic rings. The third-order valence-corrected chi connectivity index (χ3v) is 4.68. The summed E-state index contributed by atoms with van der Waals surface area (Å²) >= 11 is 0. The van der Waals surface area contributed by atoms with Gasteiger partial charge in [-0.3, -0.25) is 9.78 Å². The molecule has 2 aromatic heterocycles. The zero-order valence-corrected chi connectivity index (χ0v) is 13.8. The molecule has 6 heteroatoms. The molecular weight excluding hydrogens is 326 g/mol. The number of nitrogens with one attached hydrogen (secondary N) is 1. The molecule has 1 unspecified atom stereocenters. The third-order valence-electron chi connectivity index (χ3n) is 4.68. The molecule has 5 rings (SSSR count). The van der Waals surface area contributed by atoms with Crippen molar-refractivity contribution in [2.75, 3.05) is 5.32 Å². The Morgan fingerprint density at radius 1 is 1.00 bits per heavy atom. The number of benzene rings is 2. The first kappa shape index (κ1) is 14.8. The van der Waals surface area contributed by atoms with Gasteiger partial charge in [0.25, 0.3) is 0 Å². The van der Waals surface area contributed by atoms with Gasteiger partial charge in [0.2, 0.25) is 5.91 Å². The van der Waals surface area contributed by atoms with E-state index in [0.29, 0.717) is 6.42 Å². The second-order valence-electron chi connectivity index (χ2n) is 6.31. The van der Waals surface area contributed by atoms with Crippen molar-refractivity contribution in [3.63, 3.8) is 0 Å². The Balaban J connectivity index is 1.73. The predicted molar refractivity (Wildman–Crippen MR) is 98.2 cm³/mol. The molecule has 126 valence electrons. The number of hydrogen-bond donors (Lipinski definition) is 1.